The zero-order valence-corrected chi connectivity index (χ0v) is 18.4. The summed E-state index contributed by atoms with van der Waals surface area (Å²) in [5.74, 6) is -2.35. The maximum atomic E-state index is 13.9. The lowest BCUT2D eigenvalue weighted by molar-refractivity contribution is -0.125. The van der Waals surface area contributed by atoms with E-state index in [2.05, 4.69) is 21.9 Å². The number of amides is 1. The number of carbonyl (C=O) groups is 1. The Bertz CT molecular complexity index is 1510. The standard InChI is InChI=1S/C24H20F2N6O3/c1-2-18(33)31-11-10-13(12-31)21-19-22(23(27)28-29-24(19)34)32(30-21)14-6-8-15(9-7-14)35-17-5-3-4-16(25)20(17)26/h2-9,13H,1,10-12H2,(H2,27,28)(H,29,34). The number of aromatic amines is 1. The molecule has 1 fully saturated rings. The molecule has 0 bridgehead atoms. The van der Waals surface area contributed by atoms with Crippen LogP contribution in [0.2, 0.25) is 0 Å². The number of halogens is 2. The van der Waals surface area contributed by atoms with Gasteiger partial charge >= 0.3 is 0 Å². The van der Waals surface area contributed by atoms with Gasteiger partial charge in [0.1, 0.15) is 11.3 Å². The van der Waals surface area contributed by atoms with Gasteiger partial charge in [-0.25, -0.2) is 14.2 Å². The minimum atomic E-state index is -1.09. The fourth-order valence-electron chi connectivity index (χ4n) is 4.25. The van der Waals surface area contributed by atoms with E-state index in [1.165, 1.54) is 22.9 Å². The first-order valence-electron chi connectivity index (χ1n) is 10.8. The van der Waals surface area contributed by atoms with Crippen molar-refractivity contribution in [1.82, 2.24) is 24.9 Å². The summed E-state index contributed by atoms with van der Waals surface area (Å²) in [4.78, 5) is 26.4. The maximum absolute atomic E-state index is 13.9. The maximum Gasteiger partial charge on any atom is 0.275 e. The highest BCUT2D eigenvalue weighted by atomic mass is 19.2. The molecule has 0 saturated carbocycles. The lowest BCUT2D eigenvalue weighted by Crippen LogP contribution is -2.26. The molecule has 0 spiro atoms. The van der Waals surface area contributed by atoms with Gasteiger partial charge in [-0.3, -0.25) is 9.59 Å². The molecular formula is C24H20F2N6O3. The van der Waals surface area contributed by atoms with Gasteiger partial charge in [-0.15, -0.1) is 0 Å². The van der Waals surface area contributed by atoms with Crippen molar-refractivity contribution < 1.29 is 18.3 Å². The number of anilines is 1. The highest BCUT2D eigenvalue weighted by molar-refractivity contribution is 5.91. The van der Waals surface area contributed by atoms with Crippen LogP contribution >= 0.6 is 0 Å². The summed E-state index contributed by atoms with van der Waals surface area (Å²) in [5.41, 5.74) is 7.07. The van der Waals surface area contributed by atoms with E-state index in [1.54, 1.807) is 29.2 Å². The summed E-state index contributed by atoms with van der Waals surface area (Å²) in [5, 5.41) is 11.3. The van der Waals surface area contributed by atoms with Crippen LogP contribution in [0.25, 0.3) is 16.6 Å². The summed E-state index contributed by atoms with van der Waals surface area (Å²) >= 11 is 0. The lowest BCUT2D eigenvalue weighted by atomic mass is 10.0. The molecule has 0 aliphatic carbocycles. The van der Waals surface area contributed by atoms with E-state index in [-0.39, 0.29) is 29.1 Å². The lowest BCUT2D eigenvalue weighted by Gasteiger charge is -2.13. The van der Waals surface area contributed by atoms with E-state index in [9.17, 15) is 18.4 Å². The molecule has 178 valence electrons. The Morgan fingerprint density at radius 2 is 2.00 bits per heavy atom. The highest BCUT2D eigenvalue weighted by Crippen LogP contribution is 2.33. The summed E-state index contributed by atoms with van der Waals surface area (Å²) in [6.07, 6.45) is 1.88. The quantitative estimate of drug-likeness (QED) is 0.425. The molecule has 2 aromatic carbocycles. The number of hydrogen-bond donors (Lipinski definition) is 2. The number of ether oxygens (including phenoxy) is 1. The van der Waals surface area contributed by atoms with Gasteiger partial charge in [0, 0.05) is 19.0 Å². The largest absolute Gasteiger partial charge is 0.454 e. The molecular weight excluding hydrogens is 458 g/mol. The summed E-state index contributed by atoms with van der Waals surface area (Å²) in [6, 6.07) is 10.1. The van der Waals surface area contributed by atoms with E-state index >= 15 is 0 Å². The molecule has 2 aromatic heterocycles. The number of H-pyrrole nitrogens is 1. The molecule has 1 unspecified atom stereocenters. The number of likely N-dealkylation sites (tertiary alicyclic amines) is 1. The van der Waals surface area contributed by atoms with Crippen molar-refractivity contribution >= 4 is 22.6 Å². The number of nitrogens with one attached hydrogen (secondary N) is 1. The van der Waals surface area contributed by atoms with Gasteiger partial charge in [0.25, 0.3) is 5.56 Å². The van der Waals surface area contributed by atoms with Crippen LogP contribution in [0.5, 0.6) is 11.5 Å². The second kappa shape index (κ2) is 8.67. The Kier molecular flexibility index (Phi) is 5.51. The zero-order chi connectivity index (χ0) is 24.7. The van der Waals surface area contributed by atoms with Gasteiger partial charge < -0.3 is 15.4 Å². The van der Waals surface area contributed by atoms with Crippen LogP contribution in [0.4, 0.5) is 14.6 Å². The predicted molar refractivity (Wildman–Crippen MR) is 124 cm³/mol. The first-order valence-corrected chi connectivity index (χ1v) is 10.8. The molecule has 1 saturated heterocycles. The van der Waals surface area contributed by atoms with Crippen molar-refractivity contribution in [2.45, 2.75) is 12.3 Å². The number of rotatable bonds is 5. The topological polar surface area (TPSA) is 119 Å². The minimum absolute atomic E-state index is 0.0810. The molecule has 3 heterocycles. The molecule has 4 aromatic rings. The van der Waals surface area contributed by atoms with Crippen LogP contribution in [0.1, 0.15) is 18.0 Å². The Morgan fingerprint density at radius 3 is 2.74 bits per heavy atom. The van der Waals surface area contributed by atoms with Crippen molar-refractivity contribution in [3.05, 3.63) is 82.8 Å². The van der Waals surface area contributed by atoms with Gasteiger partial charge in [-0.2, -0.15) is 14.6 Å². The average Bonchev–Trinajstić information content (AvgIpc) is 3.50. The van der Waals surface area contributed by atoms with E-state index in [1.807, 2.05) is 0 Å². The summed E-state index contributed by atoms with van der Waals surface area (Å²) < 4.78 is 34.4. The number of benzene rings is 2. The summed E-state index contributed by atoms with van der Waals surface area (Å²) in [7, 11) is 0. The van der Waals surface area contributed by atoms with Gasteiger partial charge in [0.2, 0.25) is 11.7 Å². The van der Waals surface area contributed by atoms with E-state index in [0.29, 0.717) is 41.8 Å². The van der Waals surface area contributed by atoms with E-state index < -0.39 is 17.2 Å². The third-order valence-electron chi connectivity index (χ3n) is 5.95. The van der Waals surface area contributed by atoms with Crippen LogP contribution in [-0.2, 0) is 4.79 Å². The number of carbonyl (C=O) groups excluding carboxylic acids is 1. The highest BCUT2D eigenvalue weighted by Gasteiger charge is 2.31. The molecule has 5 rings (SSSR count). The number of fused-ring (bicyclic) bond motifs is 1. The fraction of sp³-hybridized carbons (Fsp3) is 0.167. The normalized spacial score (nSPS) is 15.5. The molecule has 35 heavy (non-hydrogen) atoms. The van der Waals surface area contributed by atoms with Crippen LogP contribution in [0, 0.1) is 11.6 Å². The van der Waals surface area contributed by atoms with Crippen molar-refractivity contribution in [2.75, 3.05) is 18.8 Å². The van der Waals surface area contributed by atoms with Crippen molar-refractivity contribution in [1.29, 1.82) is 0 Å². The van der Waals surface area contributed by atoms with Crippen molar-refractivity contribution in [2.24, 2.45) is 0 Å². The molecule has 1 aliphatic heterocycles. The predicted octanol–water partition coefficient (Wildman–Crippen LogP) is 3.26. The van der Waals surface area contributed by atoms with Gasteiger partial charge in [0.15, 0.2) is 17.4 Å². The first-order chi connectivity index (χ1) is 16.9. The second-order valence-electron chi connectivity index (χ2n) is 8.08. The van der Waals surface area contributed by atoms with Crippen molar-refractivity contribution in [3.8, 4) is 17.2 Å². The van der Waals surface area contributed by atoms with E-state index in [0.717, 1.165) is 6.07 Å². The number of aromatic nitrogens is 4. The second-order valence-corrected chi connectivity index (χ2v) is 8.08. The monoisotopic (exact) mass is 478 g/mol. The third-order valence-corrected chi connectivity index (χ3v) is 5.95. The molecule has 0 radical (unpaired) electrons. The van der Waals surface area contributed by atoms with Gasteiger partial charge in [-0.05, 0) is 48.9 Å². The van der Waals surface area contributed by atoms with Crippen molar-refractivity contribution in [3.63, 3.8) is 0 Å². The van der Waals surface area contributed by atoms with Crippen LogP contribution in [0.3, 0.4) is 0 Å². The molecule has 11 heteroatoms. The number of nitrogen functional groups attached to an aromatic ring is 1. The van der Waals surface area contributed by atoms with Crippen LogP contribution in [0.15, 0.2) is 59.9 Å². The summed E-state index contributed by atoms with van der Waals surface area (Å²) in [6.45, 7) is 4.44. The molecule has 1 amide bonds. The van der Waals surface area contributed by atoms with Crippen LogP contribution < -0.4 is 16.0 Å². The average molecular weight is 478 g/mol. The molecule has 9 nitrogen and oxygen atoms in total. The SMILES string of the molecule is C=CC(=O)N1CCC(c2nn(-c3ccc(Oc4cccc(F)c4F)cc3)c3c(N)n[nH]c(=O)c23)C1. The Morgan fingerprint density at radius 1 is 1.23 bits per heavy atom. The molecule has 1 aliphatic rings. The Labute approximate surface area is 197 Å². The molecule has 3 N–H and O–H groups in total. The number of nitrogens with two attached hydrogens (primary N) is 1. The van der Waals surface area contributed by atoms with Gasteiger partial charge in [-0.1, -0.05) is 12.6 Å². The van der Waals surface area contributed by atoms with E-state index in [4.69, 9.17) is 10.5 Å². The number of hydrogen-bond acceptors (Lipinski definition) is 6. The fourth-order valence-corrected chi connectivity index (χ4v) is 4.25. The third kappa shape index (κ3) is 3.90. The van der Waals surface area contributed by atoms with Crippen LogP contribution in [-0.4, -0.2) is 43.9 Å². The first kappa shape index (κ1) is 22.3. The molecule has 1 atom stereocenters. The zero-order valence-electron chi connectivity index (χ0n) is 18.4. The Hall–Kier alpha value is -4.54. The van der Waals surface area contributed by atoms with Gasteiger partial charge in [0.05, 0.1) is 16.8 Å². The minimum Gasteiger partial charge on any atom is -0.454 e. The Balaban J connectivity index is 1.53. The number of nitrogens with zero attached hydrogens (tertiary/aromatic N) is 4. The smallest absolute Gasteiger partial charge is 0.275 e.